The van der Waals surface area contributed by atoms with Crippen molar-refractivity contribution in [3.8, 4) is 0 Å². The number of carboxylic acid groups (broad SMARTS) is 1. The summed E-state index contributed by atoms with van der Waals surface area (Å²) >= 11 is 0. The summed E-state index contributed by atoms with van der Waals surface area (Å²) < 4.78 is 0. The Morgan fingerprint density at radius 1 is 1.33 bits per heavy atom. The van der Waals surface area contributed by atoms with E-state index in [0.717, 1.165) is 0 Å². The summed E-state index contributed by atoms with van der Waals surface area (Å²) in [7, 11) is 1.60. The molecule has 0 aromatic carbocycles. The fourth-order valence-corrected chi connectivity index (χ4v) is 0.919. The van der Waals surface area contributed by atoms with Crippen molar-refractivity contribution in [3.05, 3.63) is 0 Å². The minimum absolute atomic E-state index is 0.289. The zero-order valence-electron chi connectivity index (χ0n) is 8.82. The maximum atomic E-state index is 11.3. The summed E-state index contributed by atoms with van der Waals surface area (Å²) in [4.78, 5) is 32.8. The van der Waals surface area contributed by atoms with E-state index >= 15 is 0 Å². The van der Waals surface area contributed by atoms with E-state index in [1.807, 2.05) is 0 Å². The molecular weight excluding hydrogens is 200 g/mol. The van der Waals surface area contributed by atoms with Gasteiger partial charge in [-0.1, -0.05) is 0 Å². The molecule has 0 aromatic heterocycles. The molecule has 0 heterocycles. The fourth-order valence-electron chi connectivity index (χ4n) is 0.919. The lowest BCUT2D eigenvalue weighted by Crippen LogP contribution is -2.38. The van der Waals surface area contributed by atoms with Crippen molar-refractivity contribution in [1.29, 1.82) is 0 Å². The number of hydrogen-bond donors (Lipinski definition) is 3. The minimum Gasteiger partial charge on any atom is -0.481 e. The van der Waals surface area contributed by atoms with Gasteiger partial charge >= 0.3 is 5.97 Å². The number of aliphatic carboxylic acids is 1. The van der Waals surface area contributed by atoms with Crippen LogP contribution in [-0.2, 0) is 14.4 Å². The molecule has 0 aliphatic carbocycles. The molecule has 0 spiro atoms. The lowest BCUT2D eigenvalue weighted by atomic mass is 10.0. The molecule has 0 unspecified atom stereocenters. The number of rotatable bonds is 7. The second-order valence-electron chi connectivity index (χ2n) is 3.32. The molecule has 2 atom stereocenters. The topological polar surface area (TPSA) is 109 Å². The second-order valence-corrected chi connectivity index (χ2v) is 3.32. The lowest BCUT2D eigenvalue weighted by molar-refractivity contribution is -0.140. The number of nitrogens with two attached hydrogens (primary N) is 1. The third kappa shape index (κ3) is 5.24. The first-order chi connectivity index (χ1) is 6.88. The largest absolute Gasteiger partial charge is 0.481 e. The van der Waals surface area contributed by atoms with Crippen LogP contribution in [-0.4, -0.2) is 41.8 Å². The third-order valence-corrected chi connectivity index (χ3v) is 2.07. The Morgan fingerprint density at radius 3 is 2.27 bits per heavy atom. The van der Waals surface area contributed by atoms with Crippen molar-refractivity contribution in [3.63, 3.8) is 0 Å². The number of ketones is 2. The van der Waals surface area contributed by atoms with Crippen LogP contribution in [0.2, 0.25) is 0 Å². The molecule has 0 aliphatic rings. The molecule has 0 bridgehead atoms. The number of hydrogen-bond acceptors (Lipinski definition) is 5. The quantitative estimate of drug-likeness (QED) is 0.467. The Kier molecular flexibility index (Phi) is 5.73. The molecule has 0 radical (unpaired) electrons. The molecule has 6 heteroatoms. The van der Waals surface area contributed by atoms with E-state index in [1.165, 1.54) is 0 Å². The molecule has 15 heavy (non-hydrogen) atoms. The maximum absolute atomic E-state index is 11.3. The van der Waals surface area contributed by atoms with Gasteiger partial charge < -0.3 is 16.2 Å². The molecule has 0 fully saturated rings. The third-order valence-electron chi connectivity index (χ3n) is 2.07. The summed E-state index contributed by atoms with van der Waals surface area (Å²) in [5.41, 5.74) is 5.31. The summed E-state index contributed by atoms with van der Waals surface area (Å²) in [6.45, 7) is 1.62. The predicted molar refractivity (Wildman–Crippen MR) is 53.4 cm³/mol. The molecule has 0 saturated carbocycles. The number of Topliss-reactive ketones (excluding diaryl/α,β-unsaturated/α-hetero) is 2. The molecule has 4 N–H and O–H groups in total. The van der Waals surface area contributed by atoms with Crippen LogP contribution in [0.3, 0.4) is 0 Å². The minimum atomic E-state index is -1.15. The average molecular weight is 216 g/mol. The van der Waals surface area contributed by atoms with Crippen molar-refractivity contribution in [2.75, 3.05) is 7.05 Å². The van der Waals surface area contributed by atoms with Gasteiger partial charge in [0.1, 0.15) is 0 Å². The number of carboxylic acids is 1. The molecule has 86 valence electrons. The molecule has 0 aliphatic heterocycles. The molecule has 0 amide bonds. The maximum Gasteiger partial charge on any atom is 0.305 e. The molecular formula is C9H16N2O4. The van der Waals surface area contributed by atoms with E-state index in [4.69, 9.17) is 10.8 Å². The number of carbonyl (C=O) groups is 3. The summed E-state index contributed by atoms with van der Waals surface area (Å²) in [6.07, 6.45) is -0.767. The zero-order valence-corrected chi connectivity index (χ0v) is 8.82. The fraction of sp³-hybridized carbons (Fsp3) is 0.667. The Bertz CT molecular complexity index is 265. The standard InChI is InChI=1S/C9H16N2O4/c1-5(11-2)7(12)4-8(13)6(10)3-9(14)15/h5-6,11H,3-4,10H2,1-2H3,(H,14,15)/t5-,6-/m0/s1. The first-order valence-corrected chi connectivity index (χ1v) is 4.58. The van der Waals surface area contributed by atoms with Crippen LogP contribution in [0.25, 0.3) is 0 Å². The van der Waals surface area contributed by atoms with Crippen molar-refractivity contribution in [2.45, 2.75) is 31.8 Å². The van der Waals surface area contributed by atoms with Crippen LogP contribution in [0.15, 0.2) is 0 Å². The van der Waals surface area contributed by atoms with Gasteiger partial charge in [-0.2, -0.15) is 0 Å². The summed E-state index contributed by atoms with van der Waals surface area (Å²) in [5, 5.41) is 11.1. The predicted octanol–water partition coefficient (Wildman–Crippen LogP) is -1.08. The van der Waals surface area contributed by atoms with E-state index in [-0.39, 0.29) is 12.2 Å². The second kappa shape index (κ2) is 6.26. The van der Waals surface area contributed by atoms with Gasteiger partial charge in [0.2, 0.25) is 0 Å². The highest BCUT2D eigenvalue weighted by molar-refractivity contribution is 6.04. The van der Waals surface area contributed by atoms with Gasteiger partial charge in [-0.3, -0.25) is 14.4 Å². The van der Waals surface area contributed by atoms with Gasteiger partial charge in [0, 0.05) is 0 Å². The highest BCUT2D eigenvalue weighted by atomic mass is 16.4. The molecule has 0 rings (SSSR count). The van der Waals surface area contributed by atoms with Crippen LogP contribution in [0, 0.1) is 0 Å². The van der Waals surface area contributed by atoms with Crippen molar-refractivity contribution >= 4 is 17.5 Å². The highest BCUT2D eigenvalue weighted by Crippen LogP contribution is 1.98. The molecule has 0 saturated heterocycles. The van der Waals surface area contributed by atoms with Gasteiger partial charge in [0.05, 0.1) is 24.9 Å². The molecule has 6 nitrogen and oxygen atoms in total. The van der Waals surface area contributed by atoms with Crippen molar-refractivity contribution < 1.29 is 19.5 Å². The Balaban J connectivity index is 4.13. The first kappa shape index (κ1) is 13.7. The molecule has 0 aromatic rings. The van der Waals surface area contributed by atoms with E-state index < -0.39 is 30.3 Å². The van der Waals surface area contributed by atoms with Crippen molar-refractivity contribution in [2.24, 2.45) is 5.73 Å². The smallest absolute Gasteiger partial charge is 0.305 e. The van der Waals surface area contributed by atoms with E-state index in [1.54, 1.807) is 14.0 Å². The highest BCUT2D eigenvalue weighted by Gasteiger charge is 2.21. The van der Waals surface area contributed by atoms with Crippen LogP contribution in [0.5, 0.6) is 0 Å². The summed E-state index contributed by atoms with van der Waals surface area (Å²) in [6, 6.07) is -1.53. The Morgan fingerprint density at radius 2 is 1.87 bits per heavy atom. The van der Waals surface area contributed by atoms with Crippen molar-refractivity contribution in [1.82, 2.24) is 5.32 Å². The number of likely N-dealkylation sites (N-methyl/N-ethyl adjacent to an activating group) is 1. The van der Waals surface area contributed by atoms with Gasteiger partial charge in [0.15, 0.2) is 11.6 Å². The van der Waals surface area contributed by atoms with Gasteiger partial charge in [0.25, 0.3) is 0 Å². The van der Waals surface area contributed by atoms with Gasteiger partial charge in [-0.25, -0.2) is 0 Å². The van der Waals surface area contributed by atoms with Crippen LogP contribution in [0.4, 0.5) is 0 Å². The SMILES string of the molecule is CN[C@@H](C)C(=O)CC(=O)[C@@H](N)CC(=O)O. The normalized spacial score (nSPS) is 14.3. The Hall–Kier alpha value is -1.27. The van der Waals surface area contributed by atoms with Crippen LogP contribution >= 0.6 is 0 Å². The van der Waals surface area contributed by atoms with E-state index in [9.17, 15) is 14.4 Å². The summed E-state index contributed by atoms with van der Waals surface area (Å²) in [5.74, 6) is -1.97. The lowest BCUT2D eigenvalue weighted by Gasteiger charge is -2.10. The average Bonchev–Trinajstić information content (AvgIpc) is 2.15. The number of carbonyl (C=O) groups excluding carboxylic acids is 2. The Labute approximate surface area is 87.8 Å². The van der Waals surface area contributed by atoms with E-state index in [0.29, 0.717) is 0 Å². The van der Waals surface area contributed by atoms with Crippen LogP contribution < -0.4 is 11.1 Å². The first-order valence-electron chi connectivity index (χ1n) is 4.58. The number of nitrogens with one attached hydrogen (secondary N) is 1. The van der Waals surface area contributed by atoms with E-state index in [2.05, 4.69) is 5.32 Å². The zero-order chi connectivity index (χ0) is 12.0. The van der Waals surface area contributed by atoms with Gasteiger partial charge in [-0.15, -0.1) is 0 Å². The van der Waals surface area contributed by atoms with Crippen LogP contribution in [0.1, 0.15) is 19.8 Å². The monoisotopic (exact) mass is 216 g/mol. The van der Waals surface area contributed by atoms with Gasteiger partial charge in [-0.05, 0) is 14.0 Å².